The monoisotopic (exact) mass is 351 g/mol. The Bertz CT molecular complexity index is 527. The highest BCUT2D eigenvalue weighted by Gasteiger charge is 2.24. The number of nitrogens with one attached hydrogen (secondary N) is 2. The molecule has 0 aliphatic rings. The van der Waals surface area contributed by atoms with Gasteiger partial charge in [0.05, 0.1) is 19.8 Å². The second-order valence-corrected chi connectivity index (χ2v) is 6.85. The molecule has 0 saturated carbocycles. The van der Waals surface area contributed by atoms with E-state index in [1.54, 1.807) is 21.3 Å². The molecule has 6 nitrogen and oxygen atoms in total. The summed E-state index contributed by atoms with van der Waals surface area (Å²) >= 11 is 0. The Morgan fingerprint density at radius 1 is 1.16 bits per heavy atom. The molecule has 0 saturated heterocycles. The average molecular weight is 351 g/mol. The van der Waals surface area contributed by atoms with Gasteiger partial charge in [0.15, 0.2) is 5.96 Å². The summed E-state index contributed by atoms with van der Waals surface area (Å²) in [4.78, 5) is 4.24. The van der Waals surface area contributed by atoms with E-state index in [4.69, 9.17) is 14.2 Å². The van der Waals surface area contributed by atoms with Crippen LogP contribution in [-0.2, 0) is 4.74 Å². The van der Waals surface area contributed by atoms with Gasteiger partial charge in [-0.05, 0) is 24.0 Å². The number of benzene rings is 1. The standard InChI is InChI=1S/C19H33N3O3/c1-19(2,3)17(24-6)14-22-18(20-4)21-11-8-12-25-16-10-7-9-15(13-16)23-5/h7,9-10,13,17H,8,11-12,14H2,1-6H3,(H2,20,21,22). The van der Waals surface area contributed by atoms with Crippen molar-refractivity contribution in [1.82, 2.24) is 10.6 Å². The molecule has 0 bridgehead atoms. The minimum atomic E-state index is 0.0746. The summed E-state index contributed by atoms with van der Waals surface area (Å²) in [5.41, 5.74) is 0.0746. The third-order valence-corrected chi connectivity index (χ3v) is 3.85. The molecular weight excluding hydrogens is 318 g/mol. The van der Waals surface area contributed by atoms with Crippen molar-refractivity contribution in [2.75, 3.05) is 41.0 Å². The van der Waals surface area contributed by atoms with Crippen molar-refractivity contribution in [3.05, 3.63) is 24.3 Å². The number of hydrogen-bond acceptors (Lipinski definition) is 4. The molecule has 142 valence electrons. The van der Waals surface area contributed by atoms with Crippen LogP contribution in [0.15, 0.2) is 29.3 Å². The molecule has 0 spiro atoms. The van der Waals surface area contributed by atoms with Crippen molar-refractivity contribution in [2.24, 2.45) is 10.4 Å². The lowest BCUT2D eigenvalue weighted by molar-refractivity contribution is 0.0205. The molecule has 1 rings (SSSR count). The predicted octanol–water partition coefficient (Wildman–Crippen LogP) is 2.69. The largest absolute Gasteiger partial charge is 0.497 e. The minimum Gasteiger partial charge on any atom is -0.497 e. The van der Waals surface area contributed by atoms with Crippen molar-refractivity contribution >= 4 is 5.96 Å². The van der Waals surface area contributed by atoms with Gasteiger partial charge < -0.3 is 24.8 Å². The fourth-order valence-corrected chi connectivity index (χ4v) is 2.31. The van der Waals surface area contributed by atoms with E-state index in [9.17, 15) is 0 Å². The molecule has 6 heteroatoms. The third kappa shape index (κ3) is 8.12. The first-order valence-electron chi connectivity index (χ1n) is 8.65. The summed E-state index contributed by atoms with van der Waals surface area (Å²) in [5.74, 6) is 2.38. The molecule has 0 aliphatic heterocycles. The maximum atomic E-state index is 5.72. The maximum Gasteiger partial charge on any atom is 0.191 e. The molecular formula is C19H33N3O3. The van der Waals surface area contributed by atoms with Crippen LogP contribution in [0.2, 0.25) is 0 Å². The van der Waals surface area contributed by atoms with E-state index in [0.717, 1.165) is 30.4 Å². The van der Waals surface area contributed by atoms with E-state index in [1.165, 1.54) is 0 Å². The van der Waals surface area contributed by atoms with E-state index in [1.807, 2.05) is 24.3 Å². The van der Waals surface area contributed by atoms with Crippen LogP contribution in [0.3, 0.4) is 0 Å². The first-order valence-corrected chi connectivity index (χ1v) is 8.65. The smallest absolute Gasteiger partial charge is 0.191 e. The Morgan fingerprint density at radius 2 is 1.88 bits per heavy atom. The van der Waals surface area contributed by atoms with Crippen molar-refractivity contribution in [2.45, 2.75) is 33.3 Å². The van der Waals surface area contributed by atoms with Gasteiger partial charge >= 0.3 is 0 Å². The molecule has 1 atom stereocenters. The number of guanidine groups is 1. The average Bonchev–Trinajstić information content (AvgIpc) is 2.59. The summed E-state index contributed by atoms with van der Waals surface area (Å²) < 4.78 is 16.4. The molecule has 0 radical (unpaired) electrons. The lowest BCUT2D eigenvalue weighted by Gasteiger charge is -2.30. The van der Waals surface area contributed by atoms with E-state index in [-0.39, 0.29) is 11.5 Å². The molecule has 25 heavy (non-hydrogen) atoms. The van der Waals surface area contributed by atoms with Gasteiger partial charge in [-0.25, -0.2) is 0 Å². The molecule has 0 fully saturated rings. The summed E-state index contributed by atoms with van der Waals surface area (Å²) in [6.45, 7) is 8.59. The van der Waals surface area contributed by atoms with Gasteiger partial charge in [-0.3, -0.25) is 4.99 Å². The summed E-state index contributed by atoms with van der Waals surface area (Å²) in [7, 11) is 5.15. The molecule has 0 aromatic heterocycles. The zero-order valence-electron chi connectivity index (χ0n) is 16.4. The SMILES string of the molecule is CN=C(NCCCOc1cccc(OC)c1)NCC(OC)C(C)(C)C. The van der Waals surface area contributed by atoms with Gasteiger partial charge in [0.25, 0.3) is 0 Å². The summed E-state index contributed by atoms with van der Waals surface area (Å²) in [5, 5.41) is 6.59. The summed E-state index contributed by atoms with van der Waals surface area (Å²) in [6.07, 6.45) is 0.979. The summed E-state index contributed by atoms with van der Waals surface area (Å²) in [6, 6.07) is 7.62. The third-order valence-electron chi connectivity index (χ3n) is 3.85. The van der Waals surface area contributed by atoms with E-state index in [2.05, 4.69) is 36.4 Å². The van der Waals surface area contributed by atoms with Gasteiger partial charge in [0, 0.05) is 33.3 Å². The van der Waals surface area contributed by atoms with E-state index < -0.39 is 0 Å². The zero-order chi connectivity index (χ0) is 18.7. The zero-order valence-corrected chi connectivity index (χ0v) is 16.4. The maximum absolute atomic E-state index is 5.72. The van der Waals surface area contributed by atoms with Crippen molar-refractivity contribution in [1.29, 1.82) is 0 Å². The van der Waals surface area contributed by atoms with Gasteiger partial charge in [0.2, 0.25) is 0 Å². The second kappa shape index (κ2) is 10.8. The highest BCUT2D eigenvalue weighted by atomic mass is 16.5. The topological polar surface area (TPSA) is 64.1 Å². The number of rotatable bonds is 9. The highest BCUT2D eigenvalue weighted by molar-refractivity contribution is 5.79. The molecule has 1 aromatic rings. The lowest BCUT2D eigenvalue weighted by Crippen LogP contribution is -2.45. The molecule has 0 amide bonds. The molecule has 1 unspecified atom stereocenters. The number of nitrogens with zero attached hydrogens (tertiary/aromatic N) is 1. The molecule has 0 aliphatic carbocycles. The van der Waals surface area contributed by atoms with Crippen molar-refractivity contribution < 1.29 is 14.2 Å². The minimum absolute atomic E-state index is 0.0746. The van der Waals surface area contributed by atoms with Crippen LogP contribution in [-0.4, -0.2) is 53.0 Å². The van der Waals surface area contributed by atoms with Gasteiger partial charge in [-0.15, -0.1) is 0 Å². The number of methoxy groups -OCH3 is 2. The fraction of sp³-hybridized carbons (Fsp3) is 0.632. The highest BCUT2D eigenvalue weighted by Crippen LogP contribution is 2.21. The Morgan fingerprint density at radius 3 is 2.48 bits per heavy atom. The predicted molar refractivity (Wildman–Crippen MR) is 103 cm³/mol. The second-order valence-electron chi connectivity index (χ2n) is 6.85. The lowest BCUT2D eigenvalue weighted by atomic mass is 9.89. The Labute approximate surface area is 152 Å². The van der Waals surface area contributed by atoms with Crippen molar-refractivity contribution in [3.8, 4) is 11.5 Å². The normalized spacial score (nSPS) is 13.3. The fourth-order valence-electron chi connectivity index (χ4n) is 2.31. The molecule has 1 aromatic carbocycles. The van der Waals surface area contributed by atoms with Crippen molar-refractivity contribution in [3.63, 3.8) is 0 Å². The molecule has 0 heterocycles. The van der Waals surface area contributed by atoms with Crippen LogP contribution in [0.5, 0.6) is 11.5 Å². The number of hydrogen-bond donors (Lipinski definition) is 2. The van der Waals surface area contributed by atoms with Gasteiger partial charge in [-0.2, -0.15) is 0 Å². The van der Waals surface area contributed by atoms with Crippen LogP contribution >= 0.6 is 0 Å². The van der Waals surface area contributed by atoms with Crippen LogP contribution in [0, 0.1) is 5.41 Å². The number of ether oxygens (including phenoxy) is 3. The Balaban J connectivity index is 2.27. The van der Waals surface area contributed by atoms with Crippen LogP contribution in [0.1, 0.15) is 27.2 Å². The molecule has 2 N–H and O–H groups in total. The van der Waals surface area contributed by atoms with Gasteiger partial charge in [0.1, 0.15) is 11.5 Å². The Kier molecular flexibility index (Phi) is 9.13. The first-order chi connectivity index (χ1) is 11.9. The first kappa shape index (κ1) is 21.1. The van der Waals surface area contributed by atoms with Crippen LogP contribution < -0.4 is 20.1 Å². The van der Waals surface area contributed by atoms with Crippen LogP contribution in [0.25, 0.3) is 0 Å². The number of aliphatic imine (C=N–C) groups is 1. The Hall–Kier alpha value is -1.95. The van der Waals surface area contributed by atoms with Gasteiger partial charge in [-0.1, -0.05) is 26.8 Å². The van der Waals surface area contributed by atoms with Crippen LogP contribution in [0.4, 0.5) is 0 Å². The van der Waals surface area contributed by atoms with E-state index >= 15 is 0 Å². The quantitative estimate of drug-likeness (QED) is 0.407. The van der Waals surface area contributed by atoms with E-state index in [0.29, 0.717) is 13.2 Å².